The van der Waals surface area contributed by atoms with Gasteiger partial charge >= 0.3 is 0 Å². The molecule has 2 rings (SSSR count). The summed E-state index contributed by atoms with van der Waals surface area (Å²) in [7, 11) is 0. The molecule has 19 heavy (non-hydrogen) atoms. The molecular formula is C14H17FN4. The first-order chi connectivity index (χ1) is 9.05. The minimum Gasteiger partial charge on any atom is -0.308 e. The molecule has 0 aliphatic rings. The second kappa shape index (κ2) is 5.32. The van der Waals surface area contributed by atoms with E-state index in [1.165, 1.54) is 12.1 Å². The number of hydrazine groups is 1. The average molecular weight is 260 g/mol. The number of aryl methyl sites for hydroxylation is 2. The van der Waals surface area contributed by atoms with E-state index in [1.807, 2.05) is 26.8 Å². The normalized spacial score (nSPS) is 10.6. The van der Waals surface area contributed by atoms with Gasteiger partial charge in [0.25, 0.3) is 0 Å². The lowest BCUT2D eigenvalue weighted by Gasteiger charge is -2.11. The lowest BCUT2D eigenvalue weighted by molar-refractivity contribution is 0.627. The molecule has 0 radical (unpaired) electrons. The van der Waals surface area contributed by atoms with Crippen LogP contribution in [0.2, 0.25) is 0 Å². The van der Waals surface area contributed by atoms with E-state index in [9.17, 15) is 4.39 Å². The Balaban J connectivity index is 2.61. The molecule has 0 spiro atoms. The smallest absolute Gasteiger partial charge is 0.161 e. The van der Waals surface area contributed by atoms with Crippen molar-refractivity contribution in [2.24, 2.45) is 5.84 Å². The second-order valence-corrected chi connectivity index (χ2v) is 4.48. The number of hydrogen-bond acceptors (Lipinski definition) is 4. The zero-order chi connectivity index (χ0) is 14.0. The van der Waals surface area contributed by atoms with Gasteiger partial charge in [0.05, 0.1) is 0 Å². The number of hydrogen-bond donors (Lipinski definition) is 2. The minimum atomic E-state index is -0.292. The maximum Gasteiger partial charge on any atom is 0.161 e. The summed E-state index contributed by atoms with van der Waals surface area (Å²) >= 11 is 0. The summed E-state index contributed by atoms with van der Waals surface area (Å²) < 4.78 is 13.5. The summed E-state index contributed by atoms with van der Waals surface area (Å²) in [6, 6.07) is 4.76. The molecule has 2 aromatic rings. The maximum absolute atomic E-state index is 13.5. The van der Waals surface area contributed by atoms with Gasteiger partial charge in [0.1, 0.15) is 11.6 Å². The van der Waals surface area contributed by atoms with E-state index in [1.54, 1.807) is 0 Å². The van der Waals surface area contributed by atoms with Gasteiger partial charge < -0.3 is 5.43 Å². The van der Waals surface area contributed by atoms with Crippen molar-refractivity contribution in [2.75, 3.05) is 5.43 Å². The Labute approximate surface area is 111 Å². The van der Waals surface area contributed by atoms with Crippen LogP contribution in [0.15, 0.2) is 18.2 Å². The molecule has 0 saturated heterocycles. The van der Waals surface area contributed by atoms with Crippen molar-refractivity contribution in [3.05, 3.63) is 40.8 Å². The van der Waals surface area contributed by atoms with Crippen LogP contribution >= 0.6 is 0 Å². The third-order valence-electron chi connectivity index (χ3n) is 3.02. The Morgan fingerprint density at radius 2 is 1.95 bits per heavy atom. The molecule has 0 aliphatic heterocycles. The molecule has 0 atom stereocenters. The molecule has 100 valence electrons. The number of benzene rings is 1. The van der Waals surface area contributed by atoms with Crippen molar-refractivity contribution in [2.45, 2.75) is 27.2 Å². The fourth-order valence-electron chi connectivity index (χ4n) is 2.04. The number of nitrogens with two attached hydrogens (primary N) is 1. The predicted octanol–water partition coefficient (Wildman–Crippen LogP) is 2.75. The molecule has 0 aliphatic carbocycles. The van der Waals surface area contributed by atoms with Crippen LogP contribution in [0.5, 0.6) is 0 Å². The predicted molar refractivity (Wildman–Crippen MR) is 74.1 cm³/mol. The Hall–Kier alpha value is -2.01. The van der Waals surface area contributed by atoms with Crippen LogP contribution in [0.4, 0.5) is 10.2 Å². The summed E-state index contributed by atoms with van der Waals surface area (Å²) in [5, 5.41) is 0. The van der Waals surface area contributed by atoms with Crippen LogP contribution < -0.4 is 11.3 Å². The van der Waals surface area contributed by atoms with E-state index in [0.29, 0.717) is 17.2 Å². The zero-order valence-electron chi connectivity index (χ0n) is 11.3. The lowest BCUT2D eigenvalue weighted by atomic mass is 10.1. The number of aromatic nitrogens is 2. The molecule has 0 saturated carbocycles. The summed E-state index contributed by atoms with van der Waals surface area (Å²) in [5.74, 6) is 6.23. The van der Waals surface area contributed by atoms with Gasteiger partial charge in [0, 0.05) is 16.8 Å². The molecular weight excluding hydrogens is 243 g/mol. The van der Waals surface area contributed by atoms with Gasteiger partial charge in [-0.15, -0.1) is 0 Å². The summed E-state index contributed by atoms with van der Waals surface area (Å²) in [4.78, 5) is 8.82. The summed E-state index contributed by atoms with van der Waals surface area (Å²) in [6.45, 7) is 5.76. The number of halogens is 1. The van der Waals surface area contributed by atoms with Crippen molar-refractivity contribution in [3.8, 4) is 11.4 Å². The maximum atomic E-state index is 13.5. The largest absolute Gasteiger partial charge is 0.308 e. The Morgan fingerprint density at radius 3 is 2.53 bits per heavy atom. The number of rotatable bonds is 3. The van der Waals surface area contributed by atoms with Gasteiger partial charge in [-0.05, 0) is 44.0 Å². The van der Waals surface area contributed by atoms with E-state index in [0.717, 1.165) is 23.2 Å². The van der Waals surface area contributed by atoms with Crippen molar-refractivity contribution in [3.63, 3.8) is 0 Å². The Kier molecular flexibility index (Phi) is 3.76. The van der Waals surface area contributed by atoms with Gasteiger partial charge in [0.15, 0.2) is 5.82 Å². The molecule has 0 bridgehead atoms. The highest BCUT2D eigenvalue weighted by Crippen LogP contribution is 2.23. The minimum absolute atomic E-state index is 0.292. The molecule has 1 aromatic carbocycles. The van der Waals surface area contributed by atoms with E-state index < -0.39 is 0 Å². The van der Waals surface area contributed by atoms with Crippen LogP contribution in [0.25, 0.3) is 11.4 Å². The third kappa shape index (κ3) is 2.71. The molecule has 4 nitrogen and oxygen atoms in total. The number of nitrogens with zero attached hydrogens (tertiary/aromatic N) is 2. The average Bonchev–Trinajstić information content (AvgIpc) is 2.37. The van der Waals surface area contributed by atoms with Crippen LogP contribution in [-0.2, 0) is 6.42 Å². The molecule has 1 aromatic heterocycles. The highest BCUT2D eigenvalue weighted by Gasteiger charge is 2.11. The van der Waals surface area contributed by atoms with Gasteiger partial charge in [-0.1, -0.05) is 6.92 Å². The molecule has 1 heterocycles. The fourth-order valence-corrected chi connectivity index (χ4v) is 2.04. The van der Waals surface area contributed by atoms with E-state index in [4.69, 9.17) is 5.84 Å². The third-order valence-corrected chi connectivity index (χ3v) is 3.02. The van der Waals surface area contributed by atoms with E-state index in [2.05, 4.69) is 15.4 Å². The second-order valence-electron chi connectivity index (χ2n) is 4.48. The molecule has 0 amide bonds. The van der Waals surface area contributed by atoms with Crippen LogP contribution in [-0.4, -0.2) is 9.97 Å². The van der Waals surface area contributed by atoms with E-state index >= 15 is 0 Å². The zero-order valence-corrected chi connectivity index (χ0v) is 11.3. The van der Waals surface area contributed by atoms with Crippen molar-refractivity contribution < 1.29 is 4.39 Å². The number of nitrogen functional groups attached to an aromatic ring is 1. The standard InChI is InChI=1S/C14H17FN4/c1-4-12-9(3)13(19-16)18-14(17-12)10-5-8(2)6-11(15)7-10/h5-7H,4,16H2,1-3H3,(H,17,18,19). The summed E-state index contributed by atoms with van der Waals surface area (Å²) in [5.41, 5.74) is 5.87. The Morgan fingerprint density at radius 1 is 1.21 bits per heavy atom. The topological polar surface area (TPSA) is 63.8 Å². The molecule has 0 fully saturated rings. The highest BCUT2D eigenvalue weighted by molar-refractivity contribution is 5.60. The SMILES string of the molecule is CCc1nc(-c2cc(C)cc(F)c2)nc(NN)c1C. The first-order valence-electron chi connectivity index (χ1n) is 6.16. The highest BCUT2D eigenvalue weighted by atomic mass is 19.1. The van der Waals surface area contributed by atoms with Crippen molar-refractivity contribution >= 4 is 5.82 Å². The van der Waals surface area contributed by atoms with Gasteiger partial charge in [-0.2, -0.15) is 0 Å². The Bertz CT molecular complexity index is 565. The number of nitrogens with one attached hydrogen (secondary N) is 1. The van der Waals surface area contributed by atoms with Crippen molar-refractivity contribution in [1.82, 2.24) is 9.97 Å². The van der Waals surface area contributed by atoms with Gasteiger partial charge in [-0.25, -0.2) is 20.2 Å². The van der Waals surface area contributed by atoms with Crippen LogP contribution in [0.1, 0.15) is 23.7 Å². The fraction of sp³-hybridized carbons (Fsp3) is 0.286. The van der Waals surface area contributed by atoms with Gasteiger partial charge in [0.2, 0.25) is 0 Å². The number of anilines is 1. The first kappa shape index (κ1) is 13.4. The monoisotopic (exact) mass is 260 g/mol. The quantitative estimate of drug-likeness (QED) is 0.658. The first-order valence-corrected chi connectivity index (χ1v) is 6.16. The van der Waals surface area contributed by atoms with E-state index in [-0.39, 0.29) is 5.82 Å². The molecule has 5 heteroatoms. The summed E-state index contributed by atoms with van der Waals surface area (Å²) in [6.07, 6.45) is 0.768. The van der Waals surface area contributed by atoms with Crippen LogP contribution in [0, 0.1) is 19.7 Å². The molecule has 0 unspecified atom stereocenters. The lowest BCUT2D eigenvalue weighted by Crippen LogP contribution is -2.13. The van der Waals surface area contributed by atoms with Gasteiger partial charge in [-0.3, -0.25) is 0 Å². The molecule has 3 N–H and O–H groups in total. The van der Waals surface area contributed by atoms with Crippen LogP contribution in [0.3, 0.4) is 0 Å². The van der Waals surface area contributed by atoms with Crippen molar-refractivity contribution in [1.29, 1.82) is 0 Å².